The Kier molecular flexibility index (Phi) is 2.88. The zero-order chi connectivity index (χ0) is 11.6. The van der Waals surface area contributed by atoms with E-state index in [9.17, 15) is 18.0 Å². The first-order chi connectivity index (χ1) is 6.90. The first-order valence-corrected chi connectivity index (χ1v) is 3.83. The fourth-order valence-electron chi connectivity index (χ4n) is 1.07. The van der Waals surface area contributed by atoms with Crippen LogP contribution in [0.25, 0.3) is 0 Å². The van der Waals surface area contributed by atoms with Crippen LogP contribution in [0, 0.1) is 0 Å². The number of aldehydes is 1. The van der Waals surface area contributed by atoms with Crippen molar-refractivity contribution in [3.8, 4) is 11.5 Å². The minimum atomic E-state index is -4.63. The number of methoxy groups -OCH3 is 1. The minimum Gasteiger partial charge on any atom is -0.507 e. The molecule has 0 aromatic heterocycles. The Bertz CT molecular complexity index is 385. The largest absolute Gasteiger partial charge is 0.507 e. The number of aromatic hydroxyl groups is 1. The maximum Gasteiger partial charge on any atom is 0.420 e. The molecular formula is C9H7F3O3. The summed E-state index contributed by atoms with van der Waals surface area (Å²) in [6.45, 7) is 0. The van der Waals surface area contributed by atoms with Crippen LogP contribution in [0.3, 0.4) is 0 Å². The fraction of sp³-hybridized carbons (Fsp3) is 0.222. The molecule has 82 valence electrons. The normalized spacial score (nSPS) is 11.2. The summed E-state index contributed by atoms with van der Waals surface area (Å²) in [4.78, 5) is 10.4. The van der Waals surface area contributed by atoms with E-state index in [1.165, 1.54) is 0 Å². The molecule has 0 aliphatic carbocycles. The smallest absolute Gasteiger partial charge is 0.420 e. The van der Waals surface area contributed by atoms with Crippen LogP contribution in [0.2, 0.25) is 0 Å². The van der Waals surface area contributed by atoms with Gasteiger partial charge in [-0.2, -0.15) is 13.2 Å². The molecule has 1 aromatic carbocycles. The minimum absolute atomic E-state index is 0.248. The van der Waals surface area contributed by atoms with Crippen LogP contribution in [0.4, 0.5) is 13.2 Å². The van der Waals surface area contributed by atoms with Gasteiger partial charge in [0.25, 0.3) is 0 Å². The van der Waals surface area contributed by atoms with Crippen LogP contribution in [0.5, 0.6) is 11.5 Å². The van der Waals surface area contributed by atoms with Crippen LogP contribution in [-0.4, -0.2) is 18.5 Å². The highest BCUT2D eigenvalue weighted by Gasteiger charge is 2.35. The second kappa shape index (κ2) is 3.80. The maximum absolute atomic E-state index is 12.4. The molecule has 0 atom stereocenters. The Morgan fingerprint density at radius 3 is 2.40 bits per heavy atom. The molecule has 0 amide bonds. The molecule has 0 heterocycles. The lowest BCUT2D eigenvalue weighted by atomic mass is 10.1. The van der Waals surface area contributed by atoms with E-state index in [1.54, 1.807) is 0 Å². The first-order valence-electron chi connectivity index (χ1n) is 3.83. The monoisotopic (exact) mass is 220 g/mol. The molecular weight excluding hydrogens is 213 g/mol. The topological polar surface area (TPSA) is 46.5 Å². The van der Waals surface area contributed by atoms with Crippen molar-refractivity contribution in [3.05, 3.63) is 23.3 Å². The predicted molar refractivity (Wildman–Crippen MR) is 45.0 cm³/mol. The molecule has 1 rings (SSSR count). The summed E-state index contributed by atoms with van der Waals surface area (Å²) in [5, 5.41) is 9.09. The van der Waals surface area contributed by atoms with Crippen molar-refractivity contribution < 1.29 is 27.8 Å². The van der Waals surface area contributed by atoms with E-state index < -0.39 is 23.2 Å². The number of hydrogen-bond donors (Lipinski definition) is 1. The Labute approximate surface area is 83.1 Å². The SMILES string of the molecule is COc1cc(C=O)c(O)cc1C(F)(F)F. The van der Waals surface area contributed by atoms with E-state index >= 15 is 0 Å². The zero-order valence-corrected chi connectivity index (χ0v) is 7.63. The molecule has 3 nitrogen and oxygen atoms in total. The number of carbonyl (C=O) groups excluding carboxylic acids is 1. The summed E-state index contributed by atoms with van der Waals surface area (Å²) >= 11 is 0. The lowest BCUT2D eigenvalue weighted by Gasteiger charge is -2.12. The highest BCUT2D eigenvalue weighted by Crippen LogP contribution is 2.39. The predicted octanol–water partition coefficient (Wildman–Crippen LogP) is 2.23. The van der Waals surface area contributed by atoms with Crippen LogP contribution in [0.1, 0.15) is 15.9 Å². The van der Waals surface area contributed by atoms with Crippen molar-refractivity contribution in [2.24, 2.45) is 0 Å². The molecule has 0 bridgehead atoms. The molecule has 0 radical (unpaired) electrons. The Hall–Kier alpha value is -1.72. The van der Waals surface area contributed by atoms with Gasteiger partial charge in [-0.3, -0.25) is 4.79 Å². The van der Waals surface area contributed by atoms with Gasteiger partial charge in [-0.1, -0.05) is 0 Å². The van der Waals surface area contributed by atoms with Crippen molar-refractivity contribution in [1.29, 1.82) is 0 Å². The number of halogens is 3. The van der Waals surface area contributed by atoms with Crippen molar-refractivity contribution in [1.82, 2.24) is 0 Å². The van der Waals surface area contributed by atoms with E-state index in [0.717, 1.165) is 13.2 Å². The van der Waals surface area contributed by atoms with Gasteiger partial charge in [0.15, 0.2) is 6.29 Å². The highest BCUT2D eigenvalue weighted by atomic mass is 19.4. The third-order valence-electron chi connectivity index (χ3n) is 1.78. The average Bonchev–Trinajstić information content (AvgIpc) is 2.16. The molecule has 6 heteroatoms. The summed E-state index contributed by atoms with van der Waals surface area (Å²) in [7, 11) is 1.05. The molecule has 0 saturated carbocycles. The van der Waals surface area contributed by atoms with Crippen LogP contribution in [-0.2, 0) is 6.18 Å². The van der Waals surface area contributed by atoms with Gasteiger partial charge in [-0.05, 0) is 12.1 Å². The Morgan fingerprint density at radius 2 is 2.00 bits per heavy atom. The lowest BCUT2D eigenvalue weighted by Crippen LogP contribution is -2.08. The number of hydrogen-bond acceptors (Lipinski definition) is 3. The standard InChI is InChI=1S/C9H7F3O3/c1-15-8-2-5(4-13)7(14)3-6(8)9(10,11)12/h2-4,14H,1H3. The summed E-state index contributed by atoms with van der Waals surface area (Å²) < 4.78 is 41.6. The molecule has 0 spiro atoms. The Morgan fingerprint density at radius 1 is 1.40 bits per heavy atom. The molecule has 1 N–H and O–H groups in total. The number of rotatable bonds is 2. The maximum atomic E-state index is 12.4. The number of phenolic OH excluding ortho intramolecular Hbond substituents is 1. The summed E-state index contributed by atoms with van der Waals surface area (Å²) in [5.41, 5.74) is -1.37. The van der Waals surface area contributed by atoms with Crippen molar-refractivity contribution in [3.63, 3.8) is 0 Å². The third-order valence-corrected chi connectivity index (χ3v) is 1.78. The second-order valence-corrected chi connectivity index (χ2v) is 2.73. The molecule has 0 unspecified atom stereocenters. The molecule has 0 fully saturated rings. The van der Waals surface area contributed by atoms with Gasteiger partial charge in [-0.15, -0.1) is 0 Å². The van der Waals surface area contributed by atoms with Crippen molar-refractivity contribution >= 4 is 6.29 Å². The van der Waals surface area contributed by atoms with E-state index in [2.05, 4.69) is 4.74 Å². The van der Waals surface area contributed by atoms with E-state index in [-0.39, 0.29) is 11.8 Å². The van der Waals surface area contributed by atoms with E-state index in [1.807, 2.05) is 0 Å². The van der Waals surface area contributed by atoms with E-state index in [0.29, 0.717) is 6.07 Å². The van der Waals surface area contributed by atoms with Gasteiger partial charge in [0, 0.05) is 0 Å². The summed E-state index contributed by atoms with van der Waals surface area (Å²) in [5.74, 6) is -1.22. The van der Waals surface area contributed by atoms with Gasteiger partial charge < -0.3 is 9.84 Å². The van der Waals surface area contributed by atoms with Crippen LogP contribution in [0.15, 0.2) is 12.1 Å². The number of benzene rings is 1. The van der Waals surface area contributed by atoms with Gasteiger partial charge in [0.1, 0.15) is 17.1 Å². The number of ether oxygens (including phenoxy) is 1. The third kappa shape index (κ3) is 2.20. The second-order valence-electron chi connectivity index (χ2n) is 2.73. The quantitative estimate of drug-likeness (QED) is 0.777. The molecule has 0 saturated heterocycles. The number of alkyl halides is 3. The lowest BCUT2D eigenvalue weighted by molar-refractivity contribution is -0.138. The van der Waals surface area contributed by atoms with Crippen LogP contribution < -0.4 is 4.74 Å². The molecule has 15 heavy (non-hydrogen) atoms. The highest BCUT2D eigenvalue weighted by molar-refractivity contribution is 5.80. The van der Waals surface area contributed by atoms with E-state index in [4.69, 9.17) is 5.11 Å². The van der Waals surface area contributed by atoms with Crippen molar-refractivity contribution in [2.75, 3.05) is 7.11 Å². The molecule has 0 aliphatic rings. The van der Waals surface area contributed by atoms with Gasteiger partial charge >= 0.3 is 6.18 Å². The zero-order valence-electron chi connectivity index (χ0n) is 7.63. The Balaban J connectivity index is 3.40. The first kappa shape index (κ1) is 11.4. The molecule has 0 aliphatic heterocycles. The number of carbonyl (C=O) groups is 1. The fourth-order valence-corrected chi connectivity index (χ4v) is 1.07. The molecule has 1 aromatic rings. The summed E-state index contributed by atoms with van der Waals surface area (Å²) in [6, 6.07) is 1.30. The van der Waals surface area contributed by atoms with Gasteiger partial charge in [-0.25, -0.2) is 0 Å². The number of phenols is 1. The van der Waals surface area contributed by atoms with Gasteiger partial charge in [0.2, 0.25) is 0 Å². The van der Waals surface area contributed by atoms with Crippen LogP contribution >= 0.6 is 0 Å². The average molecular weight is 220 g/mol. The van der Waals surface area contributed by atoms with Crippen molar-refractivity contribution in [2.45, 2.75) is 6.18 Å². The van der Waals surface area contributed by atoms with Gasteiger partial charge in [0.05, 0.1) is 12.7 Å². The summed E-state index contributed by atoms with van der Waals surface area (Å²) in [6.07, 6.45) is -4.39.